The number of rotatable bonds is 9. The first kappa shape index (κ1) is 26.5. The molecule has 2 aliphatic rings. The lowest BCUT2D eigenvalue weighted by molar-refractivity contribution is -0.135. The minimum atomic E-state index is 0. The number of carbonyl (C=O) groups is 1. The molecule has 1 saturated heterocycles. The normalized spacial score (nSPS) is 21.0. The van der Waals surface area contributed by atoms with Crippen molar-refractivity contribution in [3.8, 4) is 0 Å². The van der Waals surface area contributed by atoms with Crippen molar-refractivity contribution >= 4 is 35.8 Å². The lowest BCUT2D eigenvalue weighted by Crippen LogP contribution is -2.46. The van der Waals surface area contributed by atoms with Crippen LogP contribution in [0.15, 0.2) is 4.99 Å². The molecule has 1 amide bonds. The molecule has 1 unspecified atom stereocenters. The Morgan fingerprint density at radius 3 is 2.41 bits per heavy atom. The van der Waals surface area contributed by atoms with Gasteiger partial charge in [-0.15, -0.1) is 24.0 Å². The molecular formula is C22H43IN4O2. The average Bonchev–Trinajstić information content (AvgIpc) is 3.20. The molecule has 1 atom stereocenters. The number of aliphatic hydroxyl groups is 1. The lowest BCUT2D eigenvalue weighted by Gasteiger charge is -2.30. The van der Waals surface area contributed by atoms with E-state index in [4.69, 9.17) is 4.99 Å². The molecule has 0 aromatic carbocycles. The van der Waals surface area contributed by atoms with E-state index in [1.165, 1.54) is 19.3 Å². The fraction of sp³-hybridized carbons (Fsp3) is 0.909. The number of amides is 1. The van der Waals surface area contributed by atoms with Crippen LogP contribution in [0.25, 0.3) is 0 Å². The van der Waals surface area contributed by atoms with Gasteiger partial charge in [0.1, 0.15) is 0 Å². The summed E-state index contributed by atoms with van der Waals surface area (Å²) in [6.45, 7) is 9.81. The SMILES string of the molecule is CCNC(=NCC(CC)(CC)CCO)NC1CCN(C(=O)C2CCCCC2)C1.I. The molecular weight excluding hydrogens is 479 g/mol. The smallest absolute Gasteiger partial charge is 0.225 e. The maximum Gasteiger partial charge on any atom is 0.225 e. The Morgan fingerprint density at radius 2 is 1.83 bits per heavy atom. The number of halogens is 1. The maximum atomic E-state index is 12.8. The van der Waals surface area contributed by atoms with Crippen molar-refractivity contribution in [2.75, 3.05) is 32.8 Å². The molecule has 29 heavy (non-hydrogen) atoms. The highest BCUT2D eigenvalue weighted by molar-refractivity contribution is 14.0. The Labute approximate surface area is 194 Å². The standard InChI is InChI=1S/C22H42N4O2.HI/c1-4-22(5-2,13-15-27)17-24-21(23-6-3)25-19-12-14-26(16-19)20(28)18-10-8-7-9-11-18;/h18-19,27H,4-17H2,1-3H3,(H2,23,24,25);1H. The van der Waals surface area contributed by atoms with Gasteiger partial charge < -0.3 is 20.6 Å². The van der Waals surface area contributed by atoms with E-state index in [0.717, 1.165) is 64.1 Å². The van der Waals surface area contributed by atoms with Gasteiger partial charge in [-0.1, -0.05) is 33.1 Å². The van der Waals surface area contributed by atoms with Crippen molar-refractivity contribution < 1.29 is 9.90 Å². The van der Waals surface area contributed by atoms with Crippen LogP contribution in [-0.4, -0.2) is 60.7 Å². The van der Waals surface area contributed by atoms with Crippen LogP contribution in [0.2, 0.25) is 0 Å². The topological polar surface area (TPSA) is 77.0 Å². The third kappa shape index (κ3) is 7.89. The van der Waals surface area contributed by atoms with Crippen LogP contribution in [0.4, 0.5) is 0 Å². The third-order valence-corrected chi connectivity index (χ3v) is 6.85. The zero-order chi connectivity index (χ0) is 20.4. The van der Waals surface area contributed by atoms with Gasteiger partial charge in [-0.3, -0.25) is 9.79 Å². The molecule has 7 heteroatoms. The molecule has 2 rings (SSSR count). The monoisotopic (exact) mass is 522 g/mol. The average molecular weight is 523 g/mol. The minimum Gasteiger partial charge on any atom is -0.396 e. The van der Waals surface area contributed by atoms with Crippen LogP contribution >= 0.6 is 24.0 Å². The van der Waals surface area contributed by atoms with Crippen molar-refractivity contribution in [2.24, 2.45) is 16.3 Å². The van der Waals surface area contributed by atoms with Gasteiger partial charge >= 0.3 is 0 Å². The van der Waals surface area contributed by atoms with E-state index in [2.05, 4.69) is 36.3 Å². The Kier molecular flexibility index (Phi) is 12.5. The predicted molar refractivity (Wildman–Crippen MR) is 131 cm³/mol. The molecule has 0 aromatic rings. The number of guanidine groups is 1. The second-order valence-corrected chi connectivity index (χ2v) is 8.63. The molecule has 1 aliphatic carbocycles. The summed E-state index contributed by atoms with van der Waals surface area (Å²) >= 11 is 0. The second-order valence-electron chi connectivity index (χ2n) is 8.63. The Bertz CT molecular complexity index is 505. The van der Waals surface area contributed by atoms with Crippen LogP contribution in [0.5, 0.6) is 0 Å². The predicted octanol–water partition coefficient (Wildman–Crippen LogP) is 3.53. The summed E-state index contributed by atoms with van der Waals surface area (Å²) in [6, 6.07) is 0.265. The number of aliphatic imine (C=N–C) groups is 1. The van der Waals surface area contributed by atoms with Crippen molar-refractivity contribution in [3.05, 3.63) is 0 Å². The number of hydrogen-bond donors (Lipinski definition) is 3. The highest BCUT2D eigenvalue weighted by Crippen LogP contribution is 2.30. The van der Waals surface area contributed by atoms with E-state index in [1.54, 1.807) is 0 Å². The molecule has 0 radical (unpaired) electrons. The van der Waals surface area contributed by atoms with E-state index in [-0.39, 0.29) is 48.0 Å². The quantitative estimate of drug-likeness (QED) is 0.246. The maximum absolute atomic E-state index is 12.8. The van der Waals surface area contributed by atoms with Crippen LogP contribution in [0.3, 0.4) is 0 Å². The van der Waals surface area contributed by atoms with Gasteiger partial charge in [0.2, 0.25) is 5.91 Å². The van der Waals surface area contributed by atoms with E-state index in [9.17, 15) is 9.90 Å². The summed E-state index contributed by atoms with van der Waals surface area (Å²) in [7, 11) is 0. The van der Waals surface area contributed by atoms with Crippen LogP contribution < -0.4 is 10.6 Å². The Morgan fingerprint density at radius 1 is 1.14 bits per heavy atom. The number of aliphatic hydroxyl groups excluding tert-OH is 1. The molecule has 2 fully saturated rings. The zero-order valence-corrected chi connectivity index (χ0v) is 21.0. The second kappa shape index (κ2) is 13.7. The van der Waals surface area contributed by atoms with Gasteiger partial charge in [-0.25, -0.2) is 0 Å². The third-order valence-electron chi connectivity index (χ3n) is 6.85. The van der Waals surface area contributed by atoms with E-state index < -0.39 is 0 Å². The molecule has 6 nitrogen and oxygen atoms in total. The molecule has 1 heterocycles. The van der Waals surface area contributed by atoms with E-state index >= 15 is 0 Å². The molecule has 1 saturated carbocycles. The first-order valence-electron chi connectivity index (χ1n) is 11.5. The molecule has 170 valence electrons. The largest absolute Gasteiger partial charge is 0.396 e. The summed E-state index contributed by atoms with van der Waals surface area (Å²) in [4.78, 5) is 19.7. The highest BCUT2D eigenvalue weighted by atomic mass is 127. The molecule has 1 aliphatic heterocycles. The number of likely N-dealkylation sites (tertiary alicyclic amines) is 1. The molecule has 0 bridgehead atoms. The van der Waals surface area contributed by atoms with Crippen molar-refractivity contribution in [2.45, 2.75) is 84.6 Å². The van der Waals surface area contributed by atoms with E-state index in [0.29, 0.717) is 12.5 Å². The summed E-state index contributed by atoms with van der Waals surface area (Å²) in [5, 5.41) is 16.3. The molecule has 0 aromatic heterocycles. The first-order valence-corrected chi connectivity index (χ1v) is 11.5. The highest BCUT2D eigenvalue weighted by Gasteiger charge is 2.32. The minimum absolute atomic E-state index is 0. The van der Waals surface area contributed by atoms with E-state index in [1.807, 2.05) is 0 Å². The fourth-order valence-electron chi connectivity index (χ4n) is 4.59. The van der Waals surface area contributed by atoms with Gasteiger partial charge in [0.05, 0.1) is 0 Å². The van der Waals surface area contributed by atoms with Gasteiger partial charge in [0.25, 0.3) is 0 Å². The van der Waals surface area contributed by atoms with Crippen LogP contribution in [0, 0.1) is 11.3 Å². The fourth-order valence-corrected chi connectivity index (χ4v) is 4.59. The van der Waals surface area contributed by atoms with Gasteiger partial charge in [0, 0.05) is 44.7 Å². The summed E-state index contributed by atoms with van der Waals surface area (Å²) in [5.41, 5.74) is 0.0652. The lowest BCUT2D eigenvalue weighted by atomic mass is 9.79. The molecule has 3 N–H and O–H groups in total. The number of nitrogens with zero attached hydrogens (tertiary/aromatic N) is 2. The van der Waals surface area contributed by atoms with Crippen molar-refractivity contribution in [1.29, 1.82) is 0 Å². The van der Waals surface area contributed by atoms with Gasteiger partial charge in [-0.2, -0.15) is 0 Å². The Hall–Kier alpha value is -0.570. The Balaban J connectivity index is 0.00000420. The zero-order valence-electron chi connectivity index (χ0n) is 18.7. The number of hydrogen-bond acceptors (Lipinski definition) is 3. The summed E-state index contributed by atoms with van der Waals surface area (Å²) in [5.74, 6) is 1.45. The van der Waals surface area contributed by atoms with Gasteiger partial charge in [0.15, 0.2) is 5.96 Å². The van der Waals surface area contributed by atoms with Crippen molar-refractivity contribution in [3.63, 3.8) is 0 Å². The van der Waals surface area contributed by atoms with Crippen LogP contribution in [-0.2, 0) is 4.79 Å². The van der Waals surface area contributed by atoms with Crippen LogP contribution in [0.1, 0.15) is 78.6 Å². The first-order chi connectivity index (χ1) is 13.6. The summed E-state index contributed by atoms with van der Waals surface area (Å²) in [6.07, 6.45) is 9.62. The van der Waals surface area contributed by atoms with Gasteiger partial charge in [-0.05, 0) is 50.9 Å². The summed E-state index contributed by atoms with van der Waals surface area (Å²) < 4.78 is 0. The number of nitrogens with one attached hydrogen (secondary N) is 2. The molecule has 0 spiro atoms. The van der Waals surface area contributed by atoms with Crippen molar-refractivity contribution in [1.82, 2.24) is 15.5 Å². The number of carbonyl (C=O) groups excluding carboxylic acids is 1.